The van der Waals surface area contributed by atoms with Gasteiger partial charge in [0.2, 0.25) is 5.91 Å². The Hall–Kier alpha value is -1.84. The maximum Gasteiger partial charge on any atom is 0.307 e. The Kier molecular flexibility index (Phi) is 5.94. The fraction of sp³-hybridized carbons (Fsp3) is 0.529. The second kappa shape index (κ2) is 7.25. The molecule has 0 aliphatic heterocycles. The normalized spacial score (nSPS) is 12.8. The highest BCUT2D eigenvalue weighted by molar-refractivity contribution is 5.92. The minimum Gasteiger partial charge on any atom is -0.481 e. The number of hydrogen-bond donors (Lipinski definition) is 2. The van der Waals surface area contributed by atoms with Crippen molar-refractivity contribution >= 4 is 17.6 Å². The monoisotopic (exact) mass is 291 g/mol. The van der Waals surface area contributed by atoms with Crippen molar-refractivity contribution in [3.8, 4) is 0 Å². The first-order chi connectivity index (χ1) is 9.67. The van der Waals surface area contributed by atoms with Crippen molar-refractivity contribution in [1.82, 2.24) is 0 Å². The zero-order valence-corrected chi connectivity index (χ0v) is 13.3. The highest BCUT2D eigenvalue weighted by atomic mass is 16.4. The minimum atomic E-state index is -0.905. The lowest BCUT2D eigenvalue weighted by molar-refractivity contribution is -0.136. The smallest absolute Gasteiger partial charge is 0.307 e. The van der Waals surface area contributed by atoms with E-state index in [2.05, 4.69) is 33.0 Å². The van der Waals surface area contributed by atoms with Crippen LogP contribution in [0.15, 0.2) is 24.3 Å². The van der Waals surface area contributed by atoms with Crippen molar-refractivity contribution in [2.75, 3.05) is 5.32 Å². The summed E-state index contributed by atoms with van der Waals surface area (Å²) >= 11 is 0. The summed E-state index contributed by atoms with van der Waals surface area (Å²) in [5, 5.41) is 11.7. The standard InChI is InChI=1S/C17H25NO3/c1-12(11-17(2,3)4)9-15(19)18-14-8-6-5-7-13(14)10-16(20)21/h5-8,12H,9-11H2,1-4H3,(H,18,19)(H,20,21). The van der Waals surface area contributed by atoms with Crippen molar-refractivity contribution < 1.29 is 14.7 Å². The van der Waals surface area contributed by atoms with E-state index in [9.17, 15) is 9.59 Å². The Bertz CT molecular complexity index is 503. The van der Waals surface area contributed by atoms with E-state index in [1.807, 2.05) is 0 Å². The molecule has 116 valence electrons. The molecule has 0 saturated heterocycles. The number of para-hydroxylation sites is 1. The molecule has 1 aromatic rings. The van der Waals surface area contributed by atoms with Crippen molar-refractivity contribution in [3.63, 3.8) is 0 Å². The van der Waals surface area contributed by atoms with E-state index in [1.165, 1.54) is 0 Å². The third-order valence-corrected chi connectivity index (χ3v) is 3.13. The molecule has 1 atom stereocenters. The molecule has 21 heavy (non-hydrogen) atoms. The number of carbonyl (C=O) groups is 2. The first-order valence-electron chi connectivity index (χ1n) is 7.27. The molecule has 0 heterocycles. The Labute approximate surface area is 126 Å². The molecule has 0 aromatic heterocycles. The summed E-state index contributed by atoms with van der Waals surface area (Å²) in [5.41, 5.74) is 1.41. The average molecular weight is 291 g/mol. The van der Waals surface area contributed by atoms with Gasteiger partial charge >= 0.3 is 5.97 Å². The fourth-order valence-electron chi connectivity index (χ4n) is 2.59. The van der Waals surface area contributed by atoms with Crippen LogP contribution in [0.4, 0.5) is 5.69 Å². The molecule has 1 unspecified atom stereocenters. The third-order valence-electron chi connectivity index (χ3n) is 3.13. The van der Waals surface area contributed by atoms with E-state index >= 15 is 0 Å². The highest BCUT2D eigenvalue weighted by Gasteiger charge is 2.18. The van der Waals surface area contributed by atoms with Gasteiger partial charge in [0.15, 0.2) is 0 Å². The lowest BCUT2D eigenvalue weighted by atomic mass is 9.84. The molecular formula is C17H25NO3. The van der Waals surface area contributed by atoms with Crippen molar-refractivity contribution in [3.05, 3.63) is 29.8 Å². The summed E-state index contributed by atoms with van der Waals surface area (Å²) in [7, 11) is 0. The molecule has 0 aliphatic carbocycles. The van der Waals surface area contributed by atoms with Gasteiger partial charge in [-0.3, -0.25) is 9.59 Å². The first-order valence-corrected chi connectivity index (χ1v) is 7.27. The zero-order valence-electron chi connectivity index (χ0n) is 13.3. The predicted octanol–water partition coefficient (Wildman–Crippen LogP) is 3.71. The molecule has 1 rings (SSSR count). The van der Waals surface area contributed by atoms with Gasteiger partial charge in [-0.05, 0) is 29.4 Å². The van der Waals surface area contributed by atoms with E-state index in [4.69, 9.17) is 5.11 Å². The predicted molar refractivity (Wildman–Crippen MR) is 84.3 cm³/mol. The van der Waals surface area contributed by atoms with Crippen molar-refractivity contribution in [1.29, 1.82) is 0 Å². The van der Waals surface area contributed by atoms with E-state index in [0.29, 0.717) is 17.7 Å². The van der Waals surface area contributed by atoms with Crippen LogP contribution < -0.4 is 5.32 Å². The number of rotatable bonds is 6. The van der Waals surface area contributed by atoms with E-state index in [0.717, 1.165) is 6.42 Å². The molecule has 0 saturated carbocycles. The van der Waals surface area contributed by atoms with E-state index < -0.39 is 5.97 Å². The number of carboxylic acids is 1. The lowest BCUT2D eigenvalue weighted by Crippen LogP contribution is -2.19. The molecule has 1 amide bonds. The molecule has 1 aromatic carbocycles. The quantitative estimate of drug-likeness (QED) is 0.839. The Balaban J connectivity index is 2.65. The third kappa shape index (κ3) is 6.93. The number of aliphatic carboxylic acids is 1. The van der Waals surface area contributed by atoms with Crippen LogP contribution in [-0.2, 0) is 16.0 Å². The van der Waals surface area contributed by atoms with Crippen molar-refractivity contribution in [2.24, 2.45) is 11.3 Å². The Morgan fingerprint density at radius 1 is 1.24 bits per heavy atom. The number of nitrogens with one attached hydrogen (secondary N) is 1. The maximum atomic E-state index is 12.1. The number of carboxylic acid groups (broad SMARTS) is 1. The minimum absolute atomic E-state index is 0.0652. The summed E-state index contributed by atoms with van der Waals surface area (Å²) in [4.78, 5) is 22.9. The SMILES string of the molecule is CC(CC(=O)Nc1ccccc1CC(=O)O)CC(C)(C)C. The lowest BCUT2D eigenvalue weighted by Gasteiger charge is -2.23. The van der Waals surface area contributed by atoms with Crippen LogP contribution in [0.1, 0.15) is 46.1 Å². The molecular weight excluding hydrogens is 266 g/mol. The van der Waals surface area contributed by atoms with Gasteiger partial charge in [0.1, 0.15) is 0 Å². The van der Waals surface area contributed by atoms with Crippen LogP contribution >= 0.6 is 0 Å². The van der Waals surface area contributed by atoms with Gasteiger partial charge in [-0.15, -0.1) is 0 Å². The number of anilines is 1. The number of benzene rings is 1. The van der Waals surface area contributed by atoms with Crippen LogP contribution in [0.2, 0.25) is 0 Å². The molecule has 0 radical (unpaired) electrons. The van der Waals surface area contributed by atoms with Gasteiger partial charge < -0.3 is 10.4 Å². The number of carbonyl (C=O) groups excluding carboxylic acids is 1. The molecule has 4 heteroatoms. The number of amides is 1. The molecule has 0 spiro atoms. The van der Waals surface area contributed by atoms with Gasteiger partial charge in [-0.2, -0.15) is 0 Å². The second-order valence-electron chi connectivity index (χ2n) is 6.85. The first kappa shape index (κ1) is 17.2. The zero-order chi connectivity index (χ0) is 16.0. The molecule has 0 aliphatic rings. The van der Waals surface area contributed by atoms with Crippen LogP contribution in [0.25, 0.3) is 0 Å². The molecule has 0 fully saturated rings. The molecule has 0 bridgehead atoms. The van der Waals surface area contributed by atoms with Gasteiger partial charge in [-0.25, -0.2) is 0 Å². The van der Waals surface area contributed by atoms with Crippen LogP contribution in [0.3, 0.4) is 0 Å². The second-order valence-corrected chi connectivity index (χ2v) is 6.85. The average Bonchev–Trinajstić information content (AvgIpc) is 2.28. The van der Waals surface area contributed by atoms with Gasteiger partial charge in [0, 0.05) is 12.1 Å². The number of hydrogen-bond acceptors (Lipinski definition) is 2. The van der Waals surface area contributed by atoms with Gasteiger partial charge in [0.05, 0.1) is 6.42 Å². The van der Waals surface area contributed by atoms with Crippen LogP contribution in [0.5, 0.6) is 0 Å². The molecule has 4 nitrogen and oxygen atoms in total. The maximum absolute atomic E-state index is 12.1. The summed E-state index contributed by atoms with van der Waals surface area (Å²) in [6, 6.07) is 7.03. The van der Waals surface area contributed by atoms with E-state index in [-0.39, 0.29) is 23.7 Å². The Morgan fingerprint density at radius 2 is 1.86 bits per heavy atom. The molecule has 2 N–H and O–H groups in total. The highest BCUT2D eigenvalue weighted by Crippen LogP contribution is 2.26. The summed E-state index contributed by atoms with van der Waals surface area (Å²) in [6.07, 6.45) is 1.32. The summed E-state index contributed by atoms with van der Waals surface area (Å²) in [5.74, 6) is -0.681. The summed E-state index contributed by atoms with van der Waals surface area (Å²) in [6.45, 7) is 8.53. The Morgan fingerprint density at radius 3 is 2.43 bits per heavy atom. The van der Waals surface area contributed by atoms with Gasteiger partial charge in [-0.1, -0.05) is 45.9 Å². The van der Waals surface area contributed by atoms with Crippen LogP contribution in [0, 0.1) is 11.3 Å². The van der Waals surface area contributed by atoms with E-state index in [1.54, 1.807) is 24.3 Å². The summed E-state index contributed by atoms with van der Waals surface area (Å²) < 4.78 is 0. The van der Waals surface area contributed by atoms with Gasteiger partial charge in [0.25, 0.3) is 0 Å². The fourth-order valence-corrected chi connectivity index (χ4v) is 2.59. The van der Waals surface area contributed by atoms with Crippen LogP contribution in [-0.4, -0.2) is 17.0 Å². The van der Waals surface area contributed by atoms with Crippen molar-refractivity contribution in [2.45, 2.75) is 47.0 Å². The topological polar surface area (TPSA) is 66.4 Å². The largest absolute Gasteiger partial charge is 0.481 e.